The lowest BCUT2D eigenvalue weighted by Crippen LogP contribution is -2.12. The number of hydrogen-bond donors (Lipinski definition) is 1. The Kier molecular flexibility index (Phi) is 5.15. The minimum absolute atomic E-state index is 0.291. The largest absolute Gasteiger partial charge is 0.494 e. The van der Waals surface area contributed by atoms with Gasteiger partial charge in [0.2, 0.25) is 0 Å². The third kappa shape index (κ3) is 3.58. The molecule has 2 N–H and O–H groups in total. The Morgan fingerprint density at radius 1 is 1.20 bits per heavy atom. The van der Waals surface area contributed by atoms with Crippen LogP contribution >= 0.6 is 15.9 Å². The van der Waals surface area contributed by atoms with Crippen LogP contribution in [0, 0.1) is 5.82 Å². The van der Waals surface area contributed by atoms with E-state index in [1.165, 1.54) is 6.07 Å². The maximum atomic E-state index is 13.3. The van der Waals surface area contributed by atoms with E-state index in [-0.39, 0.29) is 11.9 Å². The molecule has 0 radical (unpaired) electrons. The summed E-state index contributed by atoms with van der Waals surface area (Å²) in [4.78, 5) is 0. The molecule has 0 saturated carbocycles. The van der Waals surface area contributed by atoms with Crippen molar-refractivity contribution in [1.29, 1.82) is 0 Å². The van der Waals surface area contributed by atoms with Gasteiger partial charge in [-0.15, -0.1) is 0 Å². The Balaban J connectivity index is 2.23. The van der Waals surface area contributed by atoms with Gasteiger partial charge in [-0.3, -0.25) is 0 Å². The first-order valence-corrected chi connectivity index (χ1v) is 7.34. The second-order valence-electron chi connectivity index (χ2n) is 4.57. The quantitative estimate of drug-likeness (QED) is 0.876. The Morgan fingerprint density at radius 3 is 2.65 bits per heavy atom. The van der Waals surface area contributed by atoms with Crippen molar-refractivity contribution in [2.45, 2.75) is 19.4 Å². The van der Waals surface area contributed by atoms with Crippen LogP contribution in [0.4, 0.5) is 4.39 Å². The highest BCUT2D eigenvalue weighted by Crippen LogP contribution is 2.26. The van der Waals surface area contributed by atoms with Gasteiger partial charge in [-0.05, 0) is 57.7 Å². The van der Waals surface area contributed by atoms with Crippen LogP contribution in [0.2, 0.25) is 0 Å². The highest BCUT2D eigenvalue weighted by Gasteiger charge is 2.11. The molecule has 1 atom stereocenters. The van der Waals surface area contributed by atoms with Crippen molar-refractivity contribution >= 4 is 15.9 Å². The number of benzene rings is 2. The van der Waals surface area contributed by atoms with Crippen LogP contribution in [0.3, 0.4) is 0 Å². The minimum Gasteiger partial charge on any atom is -0.494 e. The number of hydrogen-bond acceptors (Lipinski definition) is 2. The smallest absolute Gasteiger partial charge is 0.137 e. The molecule has 1 unspecified atom stereocenters. The SMILES string of the molecule is CCCOc1cccc(C(N)c2ccc(F)c(Br)c2)c1. The third-order valence-corrected chi connectivity index (χ3v) is 3.60. The Hall–Kier alpha value is -1.39. The van der Waals surface area contributed by atoms with Crippen LogP contribution < -0.4 is 10.5 Å². The van der Waals surface area contributed by atoms with Crippen molar-refractivity contribution in [2.24, 2.45) is 5.73 Å². The third-order valence-electron chi connectivity index (χ3n) is 2.99. The summed E-state index contributed by atoms with van der Waals surface area (Å²) in [6.07, 6.45) is 0.960. The zero-order valence-electron chi connectivity index (χ0n) is 11.3. The van der Waals surface area contributed by atoms with Gasteiger partial charge in [0.05, 0.1) is 17.1 Å². The summed E-state index contributed by atoms with van der Waals surface area (Å²) >= 11 is 3.18. The summed E-state index contributed by atoms with van der Waals surface area (Å²) in [5, 5.41) is 0. The molecule has 0 bridgehead atoms. The van der Waals surface area contributed by atoms with Crippen molar-refractivity contribution in [3.63, 3.8) is 0 Å². The van der Waals surface area contributed by atoms with Gasteiger partial charge in [-0.25, -0.2) is 4.39 Å². The average molecular weight is 338 g/mol. The van der Waals surface area contributed by atoms with E-state index in [4.69, 9.17) is 10.5 Å². The van der Waals surface area contributed by atoms with Gasteiger partial charge >= 0.3 is 0 Å². The van der Waals surface area contributed by atoms with E-state index >= 15 is 0 Å². The van der Waals surface area contributed by atoms with E-state index in [1.807, 2.05) is 24.3 Å². The molecule has 0 aliphatic carbocycles. The van der Waals surface area contributed by atoms with E-state index in [1.54, 1.807) is 12.1 Å². The summed E-state index contributed by atoms with van der Waals surface area (Å²) in [7, 11) is 0. The van der Waals surface area contributed by atoms with Crippen molar-refractivity contribution < 1.29 is 9.13 Å². The monoisotopic (exact) mass is 337 g/mol. The molecule has 0 fully saturated rings. The van der Waals surface area contributed by atoms with E-state index in [0.29, 0.717) is 11.1 Å². The zero-order valence-corrected chi connectivity index (χ0v) is 12.9. The van der Waals surface area contributed by atoms with Crippen LogP contribution in [0.5, 0.6) is 5.75 Å². The molecule has 0 aromatic heterocycles. The molecule has 0 saturated heterocycles. The second-order valence-corrected chi connectivity index (χ2v) is 5.43. The van der Waals surface area contributed by atoms with Crippen molar-refractivity contribution in [1.82, 2.24) is 0 Å². The summed E-state index contributed by atoms with van der Waals surface area (Å²) in [6.45, 7) is 2.74. The highest BCUT2D eigenvalue weighted by atomic mass is 79.9. The fourth-order valence-corrected chi connectivity index (χ4v) is 2.31. The standard InChI is InChI=1S/C16H17BrFNO/c1-2-8-20-13-5-3-4-11(9-13)16(19)12-6-7-15(18)14(17)10-12/h3-7,9-10,16H,2,8,19H2,1H3. The van der Waals surface area contributed by atoms with Gasteiger partial charge in [-0.2, -0.15) is 0 Å². The first-order chi connectivity index (χ1) is 9.61. The molecule has 2 aromatic carbocycles. The predicted octanol–water partition coefficient (Wildman–Crippen LogP) is 4.43. The summed E-state index contributed by atoms with van der Waals surface area (Å²) in [5.74, 6) is 0.516. The molecule has 0 aliphatic rings. The van der Waals surface area contributed by atoms with E-state index < -0.39 is 0 Å². The lowest BCUT2D eigenvalue weighted by Gasteiger charge is -2.14. The molecule has 0 heterocycles. The Labute approximate surface area is 126 Å². The molecule has 20 heavy (non-hydrogen) atoms. The molecule has 2 rings (SSSR count). The first kappa shape index (κ1) is 15.0. The lowest BCUT2D eigenvalue weighted by atomic mass is 9.99. The second kappa shape index (κ2) is 6.86. The van der Waals surface area contributed by atoms with Gasteiger partial charge in [0.25, 0.3) is 0 Å². The van der Waals surface area contributed by atoms with Crippen LogP contribution in [-0.4, -0.2) is 6.61 Å². The van der Waals surface area contributed by atoms with E-state index in [2.05, 4.69) is 22.9 Å². The van der Waals surface area contributed by atoms with Gasteiger partial charge in [-0.1, -0.05) is 25.1 Å². The molecule has 4 heteroatoms. The molecule has 106 valence electrons. The zero-order chi connectivity index (χ0) is 14.5. The van der Waals surface area contributed by atoms with E-state index in [0.717, 1.165) is 23.3 Å². The van der Waals surface area contributed by atoms with Crippen LogP contribution in [0.1, 0.15) is 30.5 Å². The molecule has 0 spiro atoms. The molecule has 0 aliphatic heterocycles. The highest BCUT2D eigenvalue weighted by molar-refractivity contribution is 9.10. The number of rotatable bonds is 5. The van der Waals surface area contributed by atoms with Gasteiger partial charge in [0, 0.05) is 0 Å². The van der Waals surface area contributed by atoms with E-state index in [9.17, 15) is 4.39 Å². The molecule has 0 amide bonds. The molecule has 2 aromatic rings. The summed E-state index contributed by atoms with van der Waals surface area (Å²) in [6, 6.07) is 12.2. The Morgan fingerprint density at radius 2 is 1.95 bits per heavy atom. The lowest BCUT2D eigenvalue weighted by molar-refractivity contribution is 0.317. The number of halogens is 2. The van der Waals surface area contributed by atoms with Crippen molar-refractivity contribution in [3.05, 3.63) is 63.9 Å². The van der Waals surface area contributed by atoms with Crippen molar-refractivity contribution in [2.75, 3.05) is 6.61 Å². The van der Waals surface area contributed by atoms with Crippen LogP contribution in [-0.2, 0) is 0 Å². The minimum atomic E-state index is -0.308. The van der Waals surface area contributed by atoms with Gasteiger partial charge in [0.15, 0.2) is 0 Å². The molecular weight excluding hydrogens is 321 g/mol. The summed E-state index contributed by atoms with van der Waals surface area (Å²) in [5.41, 5.74) is 8.03. The normalized spacial score (nSPS) is 12.2. The number of nitrogens with two attached hydrogens (primary N) is 1. The average Bonchev–Trinajstić information content (AvgIpc) is 2.47. The fourth-order valence-electron chi connectivity index (χ4n) is 1.92. The predicted molar refractivity (Wildman–Crippen MR) is 82.4 cm³/mol. The maximum Gasteiger partial charge on any atom is 0.137 e. The summed E-state index contributed by atoms with van der Waals surface area (Å²) < 4.78 is 19.3. The topological polar surface area (TPSA) is 35.2 Å². The molecule has 2 nitrogen and oxygen atoms in total. The van der Waals surface area contributed by atoms with Crippen LogP contribution in [0.25, 0.3) is 0 Å². The van der Waals surface area contributed by atoms with Crippen molar-refractivity contribution in [3.8, 4) is 5.75 Å². The Bertz CT molecular complexity index is 588. The maximum absolute atomic E-state index is 13.3. The van der Waals surface area contributed by atoms with Gasteiger partial charge < -0.3 is 10.5 Å². The fraction of sp³-hybridized carbons (Fsp3) is 0.250. The molecular formula is C16H17BrFNO. The van der Waals surface area contributed by atoms with Crippen LogP contribution in [0.15, 0.2) is 46.9 Å². The number of ether oxygens (including phenoxy) is 1. The van der Waals surface area contributed by atoms with Gasteiger partial charge in [0.1, 0.15) is 11.6 Å². The first-order valence-electron chi connectivity index (χ1n) is 6.55.